The molecule has 1 unspecified atom stereocenters. The van der Waals surface area contributed by atoms with E-state index in [0.717, 1.165) is 13.0 Å². The molecule has 1 fully saturated rings. The molecule has 1 N–H and O–H groups in total. The Hall–Kier alpha value is -0.940. The van der Waals surface area contributed by atoms with Gasteiger partial charge in [-0.15, -0.1) is 0 Å². The second-order valence-electron chi connectivity index (χ2n) is 4.04. The molecule has 2 heterocycles. The first-order valence-electron chi connectivity index (χ1n) is 6.03. The summed E-state index contributed by atoms with van der Waals surface area (Å²) in [5.41, 5.74) is 0. The van der Waals surface area contributed by atoms with E-state index < -0.39 is 0 Å². The minimum absolute atomic E-state index is 0.227. The van der Waals surface area contributed by atoms with Gasteiger partial charge in [0.25, 0.3) is 0 Å². The third-order valence-electron chi connectivity index (χ3n) is 2.78. The maximum absolute atomic E-state index is 5.25. The van der Waals surface area contributed by atoms with Crippen LogP contribution in [-0.2, 0) is 11.3 Å². The van der Waals surface area contributed by atoms with Gasteiger partial charge in [-0.2, -0.15) is 4.98 Å². The summed E-state index contributed by atoms with van der Waals surface area (Å²) in [6.45, 7) is 4.10. The maximum atomic E-state index is 5.25. The number of rotatable bonds is 4. The number of nitrogens with zero attached hydrogens (tertiary/aromatic N) is 2. The monoisotopic (exact) mass is 225 g/mol. The lowest BCUT2D eigenvalue weighted by molar-refractivity contribution is 0.126. The van der Waals surface area contributed by atoms with Gasteiger partial charge in [0.05, 0.1) is 6.04 Å². The summed E-state index contributed by atoms with van der Waals surface area (Å²) in [7, 11) is 0. The smallest absolute Gasteiger partial charge is 0.243 e. The van der Waals surface area contributed by atoms with Gasteiger partial charge in [-0.05, 0) is 26.3 Å². The van der Waals surface area contributed by atoms with E-state index >= 15 is 0 Å². The highest BCUT2D eigenvalue weighted by atomic mass is 16.5. The van der Waals surface area contributed by atoms with Crippen LogP contribution >= 0.6 is 0 Å². The molecule has 1 aromatic heterocycles. The summed E-state index contributed by atoms with van der Waals surface area (Å²) in [4.78, 5) is 4.35. The Labute approximate surface area is 95.6 Å². The number of hydrogen-bond acceptors (Lipinski definition) is 5. The molecular formula is C11H19N3O2. The second-order valence-corrected chi connectivity index (χ2v) is 4.04. The van der Waals surface area contributed by atoms with E-state index in [0.29, 0.717) is 24.9 Å². The SMILES string of the molecule is CCOCc1noc(C2CCCCCN2)n1. The quantitative estimate of drug-likeness (QED) is 0.846. The molecule has 2 rings (SSSR count). The maximum Gasteiger partial charge on any atom is 0.243 e. The van der Waals surface area contributed by atoms with E-state index in [9.17, 15) is 0 Å². The van der Waals surface area contributed by atoms with Gasteiger partial charge in [-0.25, -0.2) is 0 Å². The summed E-state index contributed by atoms with van der Waals surface area (Å²) < 4.78 is 10.5. The minimum atomic E-state index is 0.227. The molecule has 0 spiro atoms. The molecule has 1 aromatic rings. The van der Waals surface area contributed by atoms with Crippen LogP contribution < -0.4 is 5.32 Å². The minimum Gasteiger partial charge on any atom is -0.374 e. The molecule has 0 saturated carbocycles. The van der Waals surface area contributed by atoms with Crippen molar-refractivity contribution in [1.82, 2.24) is 15.5 Å². The Bertz CT molecular complexity index is 306. The van der Waals surface area contributed by atoms with Gasteiger partial charge < -0.3 is 14.6 Å². The molecule has 0 radical (unpaired) electrons. The van der Waals surface area contributed by atoms with Gasteiger partial charge in [0.1, 0.15) is 6.61 Å². The van der Waals surface area contributed by atoms with Crippen LogP contribution in [0.2, 0.25) is 0 Å². The van der Waals surface area contributed by atoms with E-state index in [2.05, 4.69) is 15.5 Å². The van der Waals surface area contributed by atoms with Crippen molar-refractivity contribution in [2.24, 2.45) is 0 Å². The fourth-order valence-corrected chi connectivity index (χ4v) is 1.90. The Kier molecular flexibility index (Phi) is 4.30. The number of nitrogens with one attached hydrogen (secondary N) is 1. The molecule has 5 nitrogen and oxygen atoms in total. The highest BCUT2D eigenvalue weighted by Crippen LogP contribution is 2.21. The zero-order valence-corrected chi connectivity index (χ0v) is 9.74. The van der Waals surface area contributed by atoms with Crippen molar-refractivity contribution in [3.05, 3.63) is 11.7 Å². The number of hydrogen-bond donors (Lipinski definition) is 1. The van der Waals surface area contributed by atoms with Gasteiger partial charge in [0.15, 0.2) is 5.82 Å². The van der Waals surface area contributed by atoms with Crippen LogP contribution in [0.25, 0.3) is 0 Å². The van der Waals surface area contributed by atoms with Crippen molar-refractivity contribution in [3.63, 3.8) is 0 Å². The molecule has 90 valence electrons. The van der Waals surface area contributed by atoms with Gasteiger partial charge in [-0.1, -0.05) is 18.0 Å². The largest absolute Gasteiger partial charge is 0.374 e. The lowest BCUT2D eigenvalue weighted by Crippen LogP contribution is -2.20. The zero-order valence-electron chi connectivity index (χ0n) is 9.74. The van der Waals surface area contributed by atoms with E-state index in [-0.39, 0.29) is 6.04 Å². The zero-order chi connectivity index (χ0) is 11.2. The Morgan fingerprint density at radius 2 is 2.38 bits per heavy atom. The van der Waals surface area contributed by atoms with Crippen molar-refractivity contribution in [2.75, 3.05) is 13.2 Å². The third kappa shape index (κ3) is 3.02. The predicted octanol–water partition coefficient (Wildman–Crippen LogP) is 1.81. The van der Waals surface area contributed by atoms with E-state index in [1.54, 1.807) is 0 Å². The van der Waals surface area contributed by atoms with Crippen LogP contribution in [0, 0.1) is 0 Å². The van der Waals surface area contributed by atoms with Gasteiger partial charge in [-0.3, -0.25) is 0 Å². The average Bonchev–Trinajstić information content (AvgIpc) is 2.60. The first-order valence-corrected chi connectivity index (χ1v) is 6.03. The fourth-order valence-electron chi connectivity index (χ4n) is 1.90. The van der Waals surface area contributed by atoms with Crippen LogP contribution in [0.1, 0.15) is 50.4 Å². The average molecular weight is 225 g/mol. The van der Waals surface area contributed by atoms with Crippen molar-refractivity contribution < 1.29 is 9.26 Å². The standard InChI is InChI=1S/C11H19N3O2/c1-2-15-8-10-13-11(16-14-10)9-6-4-3-5-7-12-9/h9,12H,2-8H2,1H3. The van der Waals surface area contributed by atoms with Gasteiger partial charge >= 0.3 is 0 Å². The number of ether oxygens (including phenoxy) is 1. The summed E-state index contributed by atoms with van der Waals surface area (Å²) >= 11 is 0. The van der Waals surface area contributed by atoms with Crippen molar-refractivity contribution >= 4 is 0 Å². The summed E-state index contributed by atoms with van der Waals surface area (Å²) in [6.07, 6.45) is 4.82. The molecular weight excluding hydrogens is 206 g/mol. The first-order chi connectivity index (χ1) is 7.90. The van der Waals surface area contributed by atoms with Crippen LogP contribution in [0.3, 0.4) is 0 Å². The third-order valence-corrected chi connectivity index (χ3v) is 2.78. The first kappa shape index (κ1) is 11.5. The van der Waals surface area contributed by atoms with E-state index in [1.807, 2.05) is 6.92 Å². The molecule has 5 heteroatoms. The van der Waals surface area contributed by atoms with Gasteiger partial charge in [0, 0.05) is 6.61 Å². The molecule has 0 aliphatic carbocycles. The molecule has 0 bridgehead atoms. The van der Waals surface area contributed by atoms with Crippen LogP contribution in [0.4, 0.5) is 0 Å². The topological polar surface area (TPSA) is 60.2 Å². The lowest BCUT2D eigenvalue weighted by Gasteiger charge is -2.09. The lowest BCUT2D eigenvalue weighted by atomic mass is 10.1. The highest BCUT2D eigenvalue weighted by molar-refractivity contribution is 4.93. The summed E-state index contributed by atoms with van der Waals surface area (Å²) in [6, 6.07) is 0.227. The van der Waals surface area contributed by atoms with Crippen LogP contribution in [-0.4, -0.2) is 23.3 Å². The second kappa shape index (κ2) is 5.96. The van der Waals surface area contributed by atoms with Gasteiger partial charge in [0.2, 0.25) is 5.89 Å². The Balaban J connectivity index is 1.94. The molecule has 16 heavy (non-hydrogen) atoms. The van der Waals surface area contributed by atoms with E-state index in [4.69, 9.17) is 9.26 Å². The Morgan fingerprint density at radius 1 is 1.44 bits per heavy atom. The van der Waals surface area contributed by atoms with Crippen molar-refractivity contribution in [2.45, 2.75) is 45.3 Å². The predicted molar refractivity (Wildman–Crippen MR) is 58.8 cm³/mol. The van der Waals surface area contributed by atoms with Crippen molar-refractivity contribution in [3.8, 4) is 0 Å². The fraction of sp³-hybridized carbons (Fsp3) is 0.818. The number of aromatic nitrogens is 2. The molecule has 1 atom stereocenters. The molecule has 1 saturated heterocycles. The molecule has 1 aliphatic rings. The Morgan fingerprint density at radius 3 is 3.25 bits per heavy atom. The van der Waals surface area contributed by atoms with Crippen molar-refractivity contribution in [1.29, 1.82) is 0 Å². The van der Waals surface area contributed by atoms with E-state index in [1.165, 1.54) is 19.3 Å². The summed E-state index contributed by atoms with van der Waals surface area (Å²) in [5.74, 6) is 1.35. The highest BCUT2D eigenvalue weighted by Gasteiger charge is 2.19. The van der Waals surface area contributed by atoms with Crippen LogP contribution in [0.15, 0.2) is 4.52 Å². The summed E-state index contributed by atoms with van der Waals surface area (Å²) in [5, 5.41) is 7.34. The molecule has 1 aliphatic heterocycles. The normalized spacial score (nSPS) is 21.9. The molecule has 0 amide bonds. The van der Waals surface area contributed by atoms with Crippen LogP contribution in [0.5, 0.6) is 0 Å². The molecule has 0 aromatic carbocycles.